The summed E-state index contributed by atoms with van der Waals surface area (Å²) in [7, 11) is 11.5. The Morgan fingerprint density at radius 2 is 1.00 bits per heavy atom. The highest BCUT2D eigenvalue weighted by atomic mass is 32.2. The van der Waals surface area contributed by atoms with Gasteiger partial charge in [-0.3, -0.25) is 0 Å². The number of rotatable bonds is 12. The molecule has 0 radical (unpaired) electrons. The Kier molecular flexibility index (Phi) is 10.6. The molecule has 0 saturated carbocycles. The largest absolute Gasteiger partial charge is 0.371 e. The van der Waals surface area contributed by atoms with Crippen LogP contribution in [0.25, 0.3) is 0 Å². The summed E-state index contributed by atoms with van der Waals surface area (Å²) in [6.07, 6.45) is 1.28. The van der Waals surface area contributed by atoms with Crippen LogP contribution in [0.4, 0.5) is 0 Å². The van der Waals surface area contributed by atoms with Crippen LogP contribution >= 0.6 is 11.8 Å². The summed E-state index contributed by atoms with van der Waals surface area (Å²) in [5, 5.41) is 0. The molecule has 0 aliphatic rings. The summed E-state index contributed by atoms with van der Waals surface area (Å²) >= 11 is 1.59. The molecule has 0 heterocycles. The van der Waals surface area contributed by atoms with Crippen molar-refractivity contribution < 1.29 is 28.4 Å². The molecule has 2 atom stereocenters. The average molecular weight is 359 g/mol. The van der Waals surface area contributed by atoms with Crippen LogP contribution in [0.1, 0.15) is 12.8 Å². The molecule has 0 N–H and O–H groups in total. The van der Waals surface area contributed by atoms with Gasteiger partial charge in [-0.2, -0.15) is 0 Å². The van der Waals surface area contributed by atoms with Crippen LogP contribution in [-0.2, 0) is 28.4 Å². The lowest BCUT2D eigenvalue weighted by Gasteiger charge is -2.34. The molecule has 0 aliphatic carbocycles. The lowest BCUT2D eigenvalue weighted by molar-refractivity contribution is -0.157. The summed E-state index contributed by atoms with van der Waals surface area (Å²) in [5.74, 6) is 0. The molecule has 9 heteroatoms. The summed E-state index contributed by atoms with van der Waals surface area (Å²) in [6.45, 7) is 0. The minimum absolute atomic E-state index is 0.0908. The lowest BCUT2D eigenvalue weighted by Crippen LogP contribution is -2.40. The molecule has 0 amide bonds. The molecule has 21 heavy (non-hydrogen) atoms. The van der Waals surface area contributed by atoms with Gasteiger partial charge in [-0.05, 0) is 0 Å². The van der Waals surface area contributed by atoms with Gasteiger partial charge in [0.05, 0.1) is 20.5 Å². The van der Waals surface area contributed by atoms with Crippen LogP contribution in [0.15, 0.2) is 0 Å². The van der Waals surface area contributed by atoms with E-state index in [1.165, 1.54) is 0 Å². The summed E-state index contributed by atoms with van der Waals surface area (Å²) in [4.78, 5) is 0. The van der Waals surface area contributed by atoms with Crippen molar-refractivity contribution in [2.75, 3.05) is 42.7 Å². The fourth-order valence-electron chi connectivity index (χ4n) is 1.65. The van der Waals surface area contributed by atoms with Crippen LogP contribution in [-0.4, -0.2) is 84.8 Å². The normalized spacial score (nSPS) is 16.3. The minimum Gasteiger partial charge on any atom is -0.371 e. The Balaban J connectivity index is 4.69. The van der Waals surface area contributed by atoms with Crippen molar-refractivity contribution in [2.24, 2.45) is 0 Å². The molecule has 0 aliphatic heterocycles. The molecule has 0 aromatic carbocycles. The standard InChI is InChI=1S/C12H30O6SSi2/c1-13-9(7-11(20,15-3)16-4)19-10(14-2)8-12(21,17-5)18-6/h9-10H,7-8H2,1-6,20-21H3. The average Bonchev–Trinajstić information content (AvgIpc) is 2.52. The van der Waals surface area contributed by atoms with E-state index in [1.54, 1.807) is 54.4 Å². The molecule has 0 rings (SSSR count). The van der Waals surface area contributed by atoms with Crippen molar-refractivity contribution in [3.8, 4) is 0 Å². The third-order valence-electron chi connectivity index (χ3n) is 3.63. The van der Waals surface area contributed by atoms with E-state index in [0.717, 1.165) is 20.5 Å². The Bertz CT molecular complexity index is 250. The molecule has 0 aromatic rings. The van der Waals surface area contributed by atoms with Crippen LogP contribution in [0, 0.1) is 0 Å². The number of hydrogen-bond donors (Lipinski definition) is 0. The van der Waals surface area contributed by atoms with E-state index in [0.29, 0.717) is 12.8 Å². The van der Waals surface area contributed by atoms with E-state index in [-0.39, 0.29) is 10.9 Å². The predicted octanol–water partition coefficient (Wildman–Crippen LogP) is -0.931. The molecule has 0 spiro atoms. The smallest absolute Gasteiger partial charge is 0.144 e. The predicted molar refractivity (Wildman–Crippen MR) is 91.8 cm³/mol. The maximum Gasteiger partial charge on any atom is 0.144 e. The third kappa shape index (κ3) is 7.57. The van der Waals surface area contributed by atoms with Gasteiger partial charge in [0.2, 0.25) is 0 Å². The summed E-state index contributed by atoms with van der Waals surface area (Å²) < 4.78 is 32.8. The van der Waals surface area contributed by atoms with Crippen molar-refractivity contribution in [3.63, 3.8) is 0 Å². The highest BCUT2D eigenvalue weighted by molar-refractivity contribution is 8.00. The first-order chi connectivity index (χ1) is 9.81. The van der Waals surface area contributed by atoms with Gasteiger partial charge < -0.3 is 28.4 Å². The zero-order valence-corrected chi connectivity index (χ0v) is 19.2. The zero-order valence-electron chi connectivity index (χ0n) is 14.4. The van der Waals surface area contributed by atoms with E-state index >= 15 is 0 Å². The first-order valence-electron chi connectivity index (χ1n) is 6.73. The van der Waals surface area contributed by atoms with Gasteiger partial charge in [0.1, 0.15) is 21.7 Å². The third-order valence-corrected chi connectivity index (χ3v) is 7.41. The van der Waals surface area contributed by atoms with Crippen LogP contribution in [0.5, 0.6) is 0 Å². The Hall–Kier alpha value is 0.544. The molecule has 0 aromatic heterocycles. The maximum atomic E-state index is 5.54. The fraction of sp³-hybridized carbons (Fsp3) is 1.00. The first-order valence-corrected chi connectivity index (χ1v) is 9.68. The fourth-order valence-corrected chi connectivity index (χ4v) is 4.34. The van der Waals surface area contributed by atoms with Crippen molar-refractivity contribution in [1.82, 2.24) is 0 Å². The number of methoxy groups -OCH3 is 6. The molecule has 6 nitrogen and oxygen atoms in total. The number of ether oxygens (including phenoxy) is 6. The van der Waals surface area contributed by atoms with Crippen molar-refractivity contribution in [3.05, 3.63) is 0 Å². The van der Waals surface area contributed by atoms with Crippen molar-refractivity contribution in [2.45, 2.75) is 34.5 Å². The molecule has 0 saturated heterocycles. The van der Waals surface area contributed by atoms with Crippen molar-refractivity contribution >= 4 is 32.2 Å². The van der Waals surface area contributed by atoms with Crippen LogP contribution in [0.3, 0.4) is 0 Å². The van der Waals surface area contributed by atoms with Crippen LogP contribution < -0.4 is 0 Å². The van der Waals surface area contributed by atoms with E-state index < -0.39 is 10.8 Å². The van der Waals surface area contributed by atoms with Gasteiger partial charge in [-0.1, -0.05) is 11.8 Å². The number of thioether (sulfide) groups is 1. The Morgan fingerprint density at radius 1 is 0.714 bits per heavy atom. The monoisotopic (exact) mass is 358 g/mol. The van der Waals surface area contributed by atoms with E-state index in [9.17, 15) is 0 Å². The van der Waals surface area contributed by atoms with Gasteiger partial charge in [0, 0.05) is 55.5 Å². The van der Waals surface area contributed by atoms with Crippen molar-refractivity contribution in [1.29, 1.82) is 0 Å². The molecule has 0 fully saturated rings. The van der Waals surface area contributed by atoms with Gasteiger partial charge in [-0.15, -0.1) is 0 Å². The quantitative estimate of drug-likeness (QED) is 0.330. The second-order valence-electron chi connectivity index (χ2n) is 4.96. The summed E-state index contributed by atoms with van der Waals surface area (Å²) in [5.41, 5.74) is -1.28. The van der Waals surface area contributed by atoms with E-state index in [4.69, 9.17) is 28.4 Å². The SMILES string of the molecule is COC(CC([SiH3])(OC)OC)SC(CC([SiH3])(OC)OC)OC. The topological polar surface area (TPSA) is 55.4 Å². The zero-order chi connectivity index (χ0) is 16.5. The van der Waals surface area contributed by atoms with Gasteiger partial charge in [0.25, 0.3) is 0 Å². The van der Waals surface area contributed by atoms with Gasteiger partial charge >= 0.3 is 0 Å². The van der Waals surface area contributed by atoms with E-state index in [1.807, 2.05) is 0 Å². The highest BCUT2D eigenvalue weighted by Crippen LogP contribution is 2.31. The molecule has 0 bridgehead atoms. The van der Waals surface area contributed by atoms with Gasteiger partial charge in [-0.25, -0.2) is 0 Å². The van der Waals surface area contributed by atoms with Crippen LogP contribution in [0.2, 0.25) is 0 Å². The molecular weight excluding hydrogens is 328 g/mol. The Labute approximate surface area is 138 Å². The summed E-state index contributed by atoms with van der Waals surface area (Å²) in [6, 6.07) is 0. The molecule has 128 valence electrons. The van der Waals surface area contributed by atoms with E-state index in [2.05, 4.69) is 0 Å². The highest BCUT2D eigenvalue weighted by Gasteiger charge is 2.33. The minimum atomic E-state index is -0.549. The molecular formula is C12H30O6SSi2. The second kappa shape index (κ2) is 10.3. The lowest BCUT2D eigenvalue weighted by atomic mass is 10.4. The first kappa shape index (κ1) is 21.5. The maximum absolute atomic E-state index is 5.54. The molecule has 2 unspecified atom stereocenters. The Morgan fingerprint density at radius 3 is 1.19 bits per heavy atom. The van der Waals surface area contributed by atoms with Gasteiger partial charge in [0.15, 0.2) is 0 Å². The number of hydrogen-bond acceptors (Lipinski definition) is 7. The second-order valence-corrected chi connectivity index (χ2v) is 9.33.